The Balaban J connectivity index is 1.37. The van der Waals surface area contributed by atoms with Crippen molar-refractivity contribution < 1.29 is 13.9 Å². The number of aromatic nitrogens is 4. The summed E-state index contributed by atoms with van der Waals surface area (Å²) in [5.74, 6) is -0.109. The molecule has 1 N–H and O–H groups in total. The van der Waals surface area contributed by atoms with Crippen molar-refractivity contribution in [3.05, 3.63) is 93.6 Å². The lowest BCUT2D eigenvalue weighted by molar-refractivity contribution is 0.101. The van der Waals surface area contributed by atoms with Crippen LogP contribution in [0.2, 0.25) is 10.0 Å². The molecule has 0 atom stereocenters. The average molecular weight is 516 g/mol. The second-order valence-corrected chi connectivity index (χ2v) is 9.78. The Labute approximate surface area is 212 Å². The Morgan fingerprint density at radius 2 is 1.77 bits per heavy atom. The molecule has 0 radical (unpaired) electrons. The van der Waals surface area contributed by atoms with Crippen LogP contribution in [0.15, 0.2) is 60.9 Å². The third kappa shape index (κ3) is 6.01. The Bertz CT molecular complexity index is 1320. The maximum atomic E-state index is 14.1. The first-order chi connectivity index (χ1) is 16.6. The van der Waals surface area contributed by atoms with Crippen LogP contribution in [-0.4, -0.2) is 25.5 Å². The molecular formula is C25H24Cl2FN5O2. The van der Waals surface area contributed by atoms with Gasteiger partial charge in [0.1, 0.15) is 16.6 Å². The Kier molecular flexibility index (Phi) is 7.14. The highest BCUT2D eigenvalue weighted by Gasteiger charge is 2.17. The number of ether oxygens (including phenoxy) is 1. The maximum absolute atomic E-state index is 14.1. The molecule has 4 aromatic rings. The molecule has 0 fully saturated rings. The van der Waals surface area contributed by atoms with Gasteiger partial charge in [-0.2, -0.15) is 10.2 Å². The fourth-order valence-electron chi connectivity index (χ4n) is 3.33. The summed E-state index contributed by atoms with van der Waals surface area (Å²) in [7, 11) is 0. The minimum atomic E-state index is -0.491. The molecule has 0 spiro atoms. The van der Waals surface area contributed by atoms with Crippen LogP contribution in [0.4, 0.5) is 10.2 Å². The highest BCUT2D eigenvalue weighted by molar-refractivity contribution is 6.33. The molecular weight excluding hydrogens is 492 g/mol. The highest BCUT2D eigenvalue weighted by Crippen LogP contribution is 2.25. The fraction of sp³-hybridized carbons (Fsp3) is 0.240. The molecule has 4 rings (SSSR count). The molecule has 1 amide bonds. The normalized spacial score (nSPS) is 11.5. The van der Waals surface area contributed by atoms with Crippen molar-refractivity contribution in [2.75, 3.05) is 5.32 Å². The predicted octanol–water partition coefficient (Wildman–Crippen LogP) is 6.16. The second kappa shape index (κ2) is 10.1. The van der Waals surface area contributed by atoms with Crippen LogP contribution in [0.1, 0.15) is 42.4 Å². The molecule has 0 bridgehead atoms. The molecule has 0 aliphatic heterocycles. The first-order valence-electron chi connectivity index (χ1n) is 10.8. The topological polar surface area (TPSA) is 74.0 Å². The summed E-state index contributed by atoms with van der Waals surface area (Å²) in [5, 5.41) is 11.6. The van der Waals surface area contributed by atoms with Gasteiger partial charge in [-0.15, -0.1) is 0 Å². The third-order valence-corrected chi connectivity index (χ3v) is 5.92. The van der Waals surface area contributed by atoms with Gasteiger partial charge in [-0.05, 0) is 41.3 Å². The van der Waals surface area contributed by atoms with Gasteiger partial charge in [0.25, 0.3) is 5.91 Å². The number of anilines is 1. The van der Waals surface area contributed by atoms with Gasteiger partial charge >= 0.3 is 0 Å². The quantitative estimate of drug-likeness (QED) is 0.319. The number of rotatable bonds is 7. The highest BCUT2D eigenvalue weighted by atomic mass is 35.5. The van der Waals surface area contributed by atoms with Gasteiger partial charge in [-0.1, -0.05) is 62.2 Å². The van der Waals surface area contributed by atoms with Gasteiger partial charge in [-0.3, -0.25) is 9.48 Å². The van der Waals surface area contributed by atoms with E-state index in [0.717, 1.165) is 0 Å². The van der Waals surface area contributed by atoms with Gasteiger partial charge in [0.2, 0.25) is 0 Å². The minimum absolute atomic E-state index is 0.0593. The van der Waals surface area contributed by atoms with E-state index in [2.05, 4.69) is 36.3 Å². The van der Waals surface area contributed by atoms with E-state index in [1.54, 1.807) is 18.3 Å². The number of carbonyl (C=O) groups excluding carboxylic acids is 1. The summed E-state index contributed by atoms with van der Waals surface area (Å²) in [6.45, 7) is 6.64. The van der Waals surface area contributed by atoms with Gasteiger partial charge in [0, 0.05) is 23.0 Å². The molecule has 0 aliphatic rings. The molecule has 7 nitrogen and oxygen atoms in total. The molecule has 0 saturated carbocycles. The van der Waals surface area contributed by atoms with Crippen molar-refractivity contribution in [2.45, 2.75) is 39.5 Å². The largest absolute Gasteiger partial charge is 0.471 e. The Morgan fingerprint density at radius 1 is 1.03 bits per heavy atom. The van der Waals surface area contributed by atoms with Gasteiger partial charge in [0.15, 0.2) is 18.2 Å². The summed E-state index contributed by atoms with van der Waals surface area (Å²) in [6.07, 6.45) is 3.12. The maximum Gasteiger partial charge on any atom is 0.277 e. The average Bonchev–Trinajstić information content (AvgIpc) is 3.41. The Hall–Kier alpha value is -3.36. The van der Waals surface area contributed by atoms with E-state index in [-0.39, 0.29) is 45.8 Å². The van der Waals surface area contributed by atoms with Crippen molar-refractivity contribution in [3.63, 3.8) is 0 Å². The van der Waals surface area contributed by atoms with Gasteiger partial charge in [-0.25, -0.2) is 9.07 Å². The molecule has 0 aliphatic carbocycles. The zero-order valence-electron chi connectivity index (χ0n) is 19.4. The smallest absolute Gasteiger partial charge is 0.277 e. The number of nitrogens with zero attached hydrogens (tertiary/aromatic N) is 4. The van der Waals surface area contributed by atoms with Crippen LogP contribution in [0.25, 0.3) is 0 Å². The number of amides is 1. The summed E-state index contributed by atoms with van der Waals surface area (Å²) >= 11 is 12.3. The summed E-state index contributed by atoms with van der Waals surface area (Å²) in [5.41, 5.74) is 1.71. The zero-order valence-corrected chi connectivity index (χ0v) is 20.9. The van der Waals surface area contributed by atoms with Crippen molar-refractivity contribution in [2.24, 2.45) is 0 Å². The van der Waals surface area contributed by atoms with E-state index in [1.807, 2.05) is 24.3 Å². The summed E-state index contributed by atoms with van der Waals surface area (Å²) in [4.78, 5) is 12.6. The van der Waals surface area contributed by atoms with E-state index in [0.29, 0.717) is 5.75 Å². The molecule has 35 heavy (non-hydrogen) atoms. The third-order valence-electron chi connectivity index (χ3n) is 5.29. The van der Waals surface area contributed by atoms with Crippen molar-refractivity contribution in [1.82, 2.24) is 19.6 Å². The Morgan fingerprint density at radius 3 is 2.46 bits per heavy atom. The van der Waals surface area contributed by atoms with Gasteiger partial charge in [0.05, 0.1) is 6.54 Å². The zero-order chi connectivity index (χ0) is 25.2. The number of halogens is 3. The van der Waals surface area contributed by atoms with E-state index >= 15 is 0 Å². The van der Waals surface area contributed by atoms with Crippen LogP contribution in [0.3, 0.4) is 0 Å². The molecule has 0 unspecified atom stereocenters. The van der Waals surface area contributed by atoms with E-state index in [9.17, 15) is 9.18 Å². The standard InChI is InChI=1S/C25H24Cl2FN5O2/c1-25(2,3)16-7-9-17(10-8-16)35-15-32-12-11-22(30-32)24(34)29-23-20(27)14-33(31-23)13-18-19(26)5-4-6-21(18)28/h4-12,14H,13,15H2,1-3H3,(H,29,31,34). The van der Waals surface area contributed by atoms with Crippen LogP contribution >= 0.6 is 23.2 Å². The molecule has 2 aromatic heterocycles. The van der Waals surface area contributed by atoms with Crippen molar-refractivity contribution in [3.8, 4) is 5.75 Å². The molecule has 0 saturated heterocycles. The molecule has 182 valence electrons. The van der Waals surface area contributed by atoms with Crippen molar-refractivity contribution >= 4 is 34.9 Å². The fourth-order valence-corrected chi connectivity index (χ4v) is 3.75. The number of nitrogens with one attached hydrogen (secondary N) is 1. The second-order valence-electron chi connectivity index (χ2n) is 8.97. The van der Waals surface area contributed by atoms with Crippen LogP contribution in [0.5, 0.6) is 5.75 Å². The van der Waals surface area contributed by atoms with Crippen LogP contribution < -0.4 is 10.1 Å². The first-order valence-corrected chi connectivity index (χ1v) is 11.6. The number of hydrogen-bond donors (Lipinski definition) is 1. The lowest BCUT2D eigenvalue weighted by Crippen LogP contribution is -2.15. The lowest BCUT2D eigenvalue weighted by Gasteiger charge is -2.19. The van der Waals surface area contributed by atoms with Crippen molar-refractivity contribution in [1.29, 1.82) is 0 Å². The number of hydrogen-bond acceptors (Lipinski definition) is 4. The minimum Gasteiger partial charge on any atom is -0.471 e. The van der Waals surface area contributed by atoms with E-state index in [1.165, 1.54) is 33.3 Å². The number of carbonyl (C=O) groups is 1. The lowest BCUT2D eigenvalue weighted by atomic mass is 9.87. The van der Waals surface area contributed by atoms with E-state index in [4.69, 9.17) is 27.9 Å². The monoisotopic (exact) mass is 515 g/mol. The first kappa shape index (κ1) is 24.8. The molecule has 2 heterocycles. The van der Waals surface area contributed by atoms with Crippen LogP contribution in [-0.2, 0) is 18.7 Å². The van der Waals surface area contributed by atoms with Crippen LogP contribution in [0, 0.1) is 5.82 Å². The molecule has 2 aromatic carbocycles. The summed E-state index contributed by atoms with van der Waals surface area (Å²) in [6, 6.07) is 13.9. The van der Waals surface area contributed by atoms with Gasteiger partial charge < -0.3 is 10.1 Å². The predicted molar refractivity (Wildman–Crippen MR) is 134 cm³/mol. The summed E-state index contributed by atoms with van der Waals surface area (Å²) < 4.78 is 22.7. The SMILES string of the molecule is CC(C)(C)c1ccc(OCn2ccc(C(=O)Nc3nn(Cc4c(F)cccc4Cl)cc3Cl)n2)cc1. The number of benzene rings is 2. The van der Waals surface area contributed by atoms with E-state index < -0.39 is 11.7 Å². The molecule has 10 heteroatoms.